The van der Waals surface area contributed by atoms with Crippen LogP contribution in [0.15, 0.2) is 71.4 Å². The third-order valence-corrected chi connectivity index (χ3v) is 9.85. The van der Waals surface area contributed by atoms with Crippen LogP contribution in [-0.4, -0.2) is 96.4 Å². The summed E-state index contributed by atoms with van der Waals surface area (Å²) < 4.78 is 12.0. The van der Waals surface area contributed by atoms with E-state index in [1.54, 1.807) is 4.90 Å². The van der Waals surface area contributed by atoms with Gasteiger partial charge in [0.25, 0.3) is 0 Å². The molecule has 6 rings (SSSR count). The van der Waals surface area contributed by atoms with Crippen molar-refractivity contribution in [2.24, 2.45) is 0 Å². The van der Waals surface area contributed by atoms with Crippen molar-refractivity contribution in [2.75, 3.05) is 69.2 Å². The molecular formula is C39H55N7O3. The van der Waals surface area contributed by atoms with Gasteiger partial charge in [-0.1, -0.05) is 19.4 Å². The Balaban J connectivity index is 1.16. The Labute approximate surface area is 292 Å². The molecular weight excluding hydrogens is 614 g/mol. The average molecular weight is 670 g/mol. The van der Waals surface area contributed by atoms with Crippen molar-refractivity contribution < 1.29 is 14.3 Å². The van der Waals surface area contributed by atoms with Gasteiger partial charge in [0.05, 0.1) is 12.2 Å². The van der Waals surface area contributed by atoms with Gasteiger partial charge in [0.1, 0.15) is 23.8 Å². The highest BCUT2D eigenvalue weighted by Gasteiger charge is 2.33. The zero-order valence-electron chi connectivity index (χ0n) is 30.3. The van der Waals surface area contributed by atoms with E-state index in [2.05, 4.69) is 88.6 Å². The van der Waals surface area contributed by atoms with Crippen molar-refractivity contribution in [3.05, 3.63) is 82.5 Å². The fourth-order valence-corrected chi connectivity index (χ4v) is 7.13. The fraction of sp³-hybridized carbons (Fsp3) is 0.538. The second-order valence-electron chi connectivity index (χ2n) is 14.5. The van der Waals surface area contributed by atoms with E-state index in [0.717, 1.165) is 112 Å². The van der Waals surface area contributed by atoms with Gasteiger partial charge in [-0.3, -0.25) is 9.80 Å². The quantitative estimate of drug-likeness (QED) is 0.332. The van der Waals surface area contributed by atoms with E-state index < -0.39 is 5.60 Å². The molecule has 5 heterocycles. The summed E-state index contributed by atoms with van der Waals surface area (Å²) in [4.78, 5) is 27.5. The van der Waals surface area contributed by atoms with E-state index in [1.807, 2.05) is 27.0 Å². The zero-order valence-corrected chi connectivity index (χ0v) is 30.3. The summed E-state index contributed by atoms with van der Waals surface area (Å²) in [6.07, 6.45) is 8.70. The SMILES string of the molecule is C\C=C(/C(C)=C1\C(=C\CCC)OCCN1C(=O)OC(C)(C)C)N1CCc2cnc(Nc3ccc(N4CCN(C5CNC5)CC4)cc3)cc2C1. The van der Waals surface area contributed by atoms with Gasteiger partial charge in [-0.05, 0) is 101 Å². The van der Waals surface area contributed by atoms with Gasteiger partial charge in [0, 0.05) is 81.7 Å². The molecule has 3 saturated heterocycles. The number of aromatic nitrogens is 1. The normalized spacial score (nSPS) is 21.2. The summed E-state index contributed by atoms with van der Waals surface area (Å²) in [6, 6.07) is 11.7. The predicted molar refractivity (Wildman–Crippen MR) is 197 cm³/mol. The van der Waals surface area contributed by atoms with Crippen LogP contribution in [0.5, 0.6) is 0 Å². The molecule has 1 amide bonds. The lowest BCUT2D eigenvalue weighted by Gasteiger charge is -2.43. The Morgan fingerprint density at radius 3 is 2.49 bits per heavy atom. The van der Waals surface area contributed by atoms with Crippen LogP contribution >= 0.6 is 0 Å². The second-order valence-corrected chi connectivity index (χ2v) is 14.5. The molecule has 3 fully saturated rings. The number of unbranched alkanes of at least 4 members (excludes halogenated alkanes) is 1. The summed E-state index contributed by atoms with van der Waals surface area (Å²) >= 11 is 0. The topological polar surface area (TPSA) is 85.4 Å². The highest BCUT2D eigenvalue weighted by atomic mass is 16.6. The van der Waals surface area contributed by atoms with E-state index in [9.17, 15) is 4.79 Å². The number of amides is 1. The summed E-state index contributed by atoms with van der Waals surface area (Å²) in [6.45, 7) is 21.2. The van der Waals surface area contributed by atoms with Crippen LogP contribution in [0.3, 0.4) is 0 Å². The van der Waals surface area contributed by atoms with Crippen LogP contribution in [-0.2, 0) is 22.4 Å². The van der Waals surface area contributed by atoms with Crippen molar-refractivity contribution in [3.63, 3.8) is 0 Å². The molecule has 0 spiro atoms. The van der Waals surface area contributed by atoms with Crippen molar-refractivity contribution in [1.29, 1.82) is 0 Å². The number of hydrogen-bond donors (Lipinski definition) is 2. The van der Waals surface area contributed by atoms with Crippen molar-refractivity contribution >= 4 is 23.3 Å². The number of ether oxygens (including phenoxy) is 2. The number of carbonyl (C=O) groups is 1. The second kappa shape index (κ2) is 15.3. The molecule has 1 aromatic carbocycles. The molecule has 0 saturated carbocycles. The summed E-state index contributed by atoms with van der Waals surface area (Å²) in [5.41, 5.74) is 7.14. The molecule has 4 aliphatic heterocycles. The van der Waals surface area contributed by atoms with Gasteiger partial charge in [-0.25, -0.2) is 9.78 Å². The van der Waals surface area contributed by atoms with Crippen molar-refractivity contribution in [3.8, 4) is 0 Å². The van der Waals surface area contributed by atoms with Crippen molar-refractivity contribution in [1.82, 2.24) is 25.0 Å². The maximum absolute atomic E-state index is 13.5. The molecule has 0 aliphatic carbocycles. The number of fused-ring (bicyclic) bond motifs is 1. The molecule has 49 heavy (non-hydrogen) atoms. The maximum atomic E-state index is 13.5. The first kappa shape index (κ1) is 34.8. The lowest BCUT2D eigenvalue weighted by molar-refractivity contribution is 0.0194. The van der Waals surface area contributed by atoms with Crippen LogP contribution < -0.4 is 15.5 Å². The Hall–Kier alpha value is -4.02. The number of allylic oxidation sites excluding steroid dienone is 3. The van der Waals surface area contributed by atoms with Crippen LogP contribution in [0.1, 0.15) is 65.5 Å². The number of anilines is 3. The number of hydrogen-bond acceptors (Lipinski definition) is 9. The maximum Gasteiger partial charge on any atom is 0.415 e. The van der Waals surface area contributed by atoms with Gasteiger partial charge >= 0.3 is 6.09 Å². The number of carbonyl (C=O) groups excluding carboxylic acids is 1. The highest BCUT2D eigenvalue weighted by Crippen LogP contribution is 2.34. The molecule has 4 aliphatic rings. The number of piperazine rings is 1. The molecule has 0 radical (unpaired) electrons. The lowest BCUT2D eigenvalue weighted by atomic mass is 9.99. The molecule has 10 nitrogen and oxygen atoms in total. The Bertz CT molecular complexity index is 1560. The highest BCUT2D eigenvalue weighted by molar-refractivity contribution is 5.73. The third kappa shape index (κ3) is 8.24. The largest absolute Gasteiger partial charge is 0.490 e. The van der Waals surface area contributed by atoms with E-state index in [0.29, 0.717) is 13.2 Å². The Morgan fingerprint density at radius 1 is 1.08 bits per heavy atom. The first-order valence-corrected chi connectivity index (χ1v) is 18.1. The monoisotopic (exact) mass is 669 g/mol. The number of pyridine rings is 1. The van der Waals surface area contributed by atoms with Gasteiger partial charge in [0.15, 0.2) is 0 Å². The number of rotatable bonds is 8. The minimum Gasteiger partial charge on any atom is -0.490 e. The number of benzene rings is 1. The molecule has 0 unspecified atom stereocenters. The summed E-state index contributed by atoms with van der Waals surface area (Å²) in [5, 5.41) is 6.94. The van der Waals surface area contributed by atoms with E-state index in [1.165, 1.54) is 16.8 Å². The minimum atomic E-state index is -0.591. The van der Waals surface area contributed by atoms with Gasteiger partial charge < -0.3 is 29.9 Å². The van der Waals surface area contributed by atoms with Crippen LogP contribution in [0.4, 0.5) is 22.0 Å². The first-order valence-electron chi connectivity index (χ1n) is 18.1. The number of nitrogens with one attached hydrogen (secondary N) is 2. The van der Waals surface area contributed by atoms with Gasteiger partial charge in [0.2, 0.25) is 0 Å². The Morgan fingerprint density at radius 2 is 1.84 bits per heavy atom. The summed E-state index contributed by atoms with van der Waals surface area (Å²) in [5.74, 6) is 1.60. The Kier molecular flexibility index (Phi) is 10.8. The molecule has 0 atom stereocenters. The third-order valence-electron chi connectivity index (χ3n) is 9.85. The van der Waals surface area contributed by atoms with Crippen LogP contribution in [0.2, 0.25) is 0 Å². The molecule has 2 N–H and O–H groups in total. The number of nitrogens with zero attached hydrogens (tertiary/aromatic N) is 5. The molecule has 10 heteroatoms. The minimum absolute atomic E-state index is 0.342. The van der Waals surface area contributed by atoms with Gasteiger partial charge in [-0.15, -0.1) is 0 Å². The summed E-state index contributed by atoms with van der Waals surface area (Å²) in [7, 11) is 0. The molecule has 2 aromatic rings. The molecule has 0 bridgehead atoms. The van der Waals surface area contributed by atoms with Crippen LogP contribution in [0.25, 0.3) is 0 Å². The molecule has 1 aromatic heterocycles. The number of morpholine rings is 1. The first-order chi connectivity index (χ1) is 23.6. The lowest BCUT2D eigenvalue weighted by Crippen LogP contribution is -2.61. The van der Waals surface area contributed by atoms with Gasteiger partial charge in [-0.2, -0.15) is 0 Å². The zero-order chi connectivity index (χ0) is 34.5. The van der Waals surface area contributed by atoms with Crippen LogP contribution in [0, 0.1) is 0 Å². The molecule has 264 valence electrons. The average Bonchev–Trinajstić information content (AvgIpc) is 3.06. The fourth-order valence-electron chi connectivity index (χ4n) is 7.13. The predicted octanol–water partition coefficient (Wildman–Crippen LogP) is 6.41. The van der Waals surface area contributed by atoms with E-state index >= 15 is 0 Å². The smallest absolute Gasteiger partial charge is 0.415 e. The van der Waals surface area contributed by atoms with E-state index in [-0.39, 0.29) is 6.09 Å². The standard InChI is InChI=1S/C39H55N7O3/c1-7-9-10-35-37(46(21-22-48-35)38(47)49-39(4,5)6)28(3)34(8-2)45-16-15-29-24-41-36(23-30(29)27-45)42-31-11-13-32(14-12-31)43-17-19-44(20-18-43)33-25-40-26-33/h8,10-14,23-24,33,40H,7,9,15-22,25-27H2,1-6H3,(H,41,42)/b34-8+,35-10-,37-28+. The van der Waals surface area contributed by atoms with Crippen molar-refractivity contribution in [2.45, 2.75) is 79.0 Å². The van der Waals surface area contributed by atoms with E-state index in [4.69, 9.17) is 14.5 Å².